The molecule has 3 aliphatic carbocycles. The lowest BCUT2D eigenvalue weighted by Crippen LogP contribution is -2.42. The lowest BCUT2D eigenvalue weighted by molar-refractivity contribution is -0.160. The number of anilines is 1. The fraction of sp³-hybridized carbons (Fsp3) is 0.440. The highest BCUT2D eigenvalue weighted by molar-refractivity contribution is 6.02. The van der Waals surface area contributed by atoms with Crippen molar-refractivity contribution in [3.05, 3.63) is 64.2 Å². The molecule has 0 radical (unpaired) electrons. The Bertz CT molecular complexity index is 962. The van der Waals surface area contributed by atoms with Crippen LogP contribution >= 0.6 is 0 Å². The van der Waals surface area contributed by atoms with Crippen LogP contribution in [0.2, 0.25) is 0 Å². The summed E-state index contributed by atoms with van der Waals surface area (Å²) in [7, 11) is 0. The Hall–Kier alpha value is -2.66. The average Bonchev–Trinajstić information content (AvgIpc) is 3.17. The van der Waals surface area contributed by atoms with Crippen molar-refractivity contribution in [1.29, 1.82) is 0 Å². The van der Waals surface area contributed by atoms with Crippen molar-refractivity contribution in [2.75, 3.05) is 5.32 Å². The molecule has 0 aliphatic heterocycles. The first kappa shape index (κ1) is 19.3. The van der Waals surface area contributed by atoms with Gasteiger partial charge in [-0.3, -0.25) is 4.79 Å². The van der Waals surface area contributed by atoms with Gasteiger partial charge in [0.15, 0.2) is 6.10 Å². The van der Waals surface area contributed by atoms with Gasteiger partial charge in [-0.05, 0) is 79.2 Å². The second-order valence-electron chi connectivity index (χ2n) is 8.86. The Morgan fingerprint density at radius 1 is 1.00 bits per heavy atom. The number of hydrogen-bond acceptors (Lipinski definition) is 3. The Balaban J connectivity index is 1.39. The molecule has 2 N–H and O–H groups in total. The van der Waals surface area contributed by atoms with Crippen molar-refractivity contribution in [1.82, 2.24) is 0 Å². The first-order chi connectivity index (χ1) is 14.6. The van der Waals surface area contributed by atoms with E-state index in [1.807, 2.05) is 30.3 Å². The summed E-state index contributed by atoms with van der Waals surface area (Å²) in [5, 5.41) is 13.0. The summed E-state index contributed by atoms with van der Waals surface area (Å²) in [6, 6.07) is 11.8. The fourth-order valence-electron chi connectivity index (χ4n) is 5.17. The third-order valence-corrected chi connectivity index (χ3v) is 6.94. The number of fused-ring (bicyclic) bond motifs is 2. The molecule has 5 rings (SSSR count). The predicted molar refractivity (Wildman–Crippen MR) is 113 cm³/mol. The highest BCUT2D eigenvalue weighted by Crippen LogP contribution is 2.52. The second-order valence-corrected chi connectivity index (χ2v) is 8.86. The number of aliphatic carboxylic acids is 1. The number of carboxylic acids is 1. The van der Waals surface area contributed by atoms with Crippen LogP contribution in [0.3, 0.4) is 0 Å². The maximum absolute atomic E-state index is 13.4. The van der Waals surface area contributed by atoms with Crippen LogP contribution < -0.4 is 5.32 Å². The average molecular weight is 405 g/mol. The lowest BCUT2D eigenvalue weighted by Gasteiger charge is -2.25. The number of amides is 1. The zero-order valence-corrected chi connectivity index (χ0v) is 17.1. The molecule has 1 atom stereocenters. The molecule has 5 nitrogen and oxygen atoms in total. The van der Waals surface area contributed by atoms with Crippen LogP contribution in [0.1, 0.15) is 53.5 Å². The number of ether oxygens (including phenoxy) is 1. The van der Waals surface area contributed by atoms with Crippen LogP contribution in [0, 0.1) is 5.41 Å². The van der Waals surface area contributed by atoms with E-state index < -0.39 is 17.5 Å². The fourth-order valence-corrected chi connectivity index (χ4v) is 5.17. The molecule has 1 unspecified atom stereocenters. The Kier molecular flexibility index (Phi) is 4.86. The second kappa shape index (κ2) is 7.55. The Morgan fingerprint density at radius 3 is 2.20 bits per heavy atom. The Labute approximate surface area is 176 Å². The molecule has 3 aliphatic rings. The normalized spacial score (nSPS) is 19.1. The van der Waals surface area contributed by atoms with E-state index in [0.29, 0.717) is 12.8 Å². The molecule has 1 saturated carbocycles. The van der Waals surface area contributed by atoms with Gasteiger partial charge in [-0.25, -0.2) is 4.79 Å². The minimum Gasteiger partial charge on any atom is -0.479 e. The SMILES string of the molecule is O=C(O)C(OCc1ccccc1)C1(C(=O)Nc2c3c(cc4c2CCC4)CCC3)CC1. The van der Waals surface area contributed by atoms with E-state index in [1.165, 1.54) is 22.3 Å². The minimum absolute atomic E-state index is 0.184. The number of benzene rings is 2. The first-order valence-electron chi connectivity index (χ1n) is 10.9. The highest BCUT2D eigenvalue weighted by atomic mass is 16.5. The summed E-state index contributed by atoms with van der Waals surface area (Å²) < 4.78 is 5.80. The van der Waals surface area contributed by atoms with Crippen molar-refractivity contribution in [3.63, 3.8) is 0 Å². The molecule has 0 heterocycles. The standard InChI is InChI=1S/C25H27NO4/c27-23(28)22(30-15-16-6-2-1-3-7-16)25(12-13-25)24(29)26-21-19-10-4-8-17(19)14-18-9-5-11-20(18)21/h1-3,6-7,14,22H,4-5,8-13,15H2,(H,26,29)(H,27,28). The van der Waals surface area contributed by atoms with Crippen LogP contribution in [-0.4, -0.2) is 23.1 Å². The molecule has 0 aromatic heterocycles. The van der Waals surface area contributed by atoms with Gasteiger partial charge < -0.3 is 15.2 Å². The van der Waals surface area contributed by atoms with Crippen LogP contribution in [0.25, 0.3) is 0 Å². The summed E-state index contributed by atoms with van der Waals surface area (Å²) in [6.07, 6.45) is 6.28. The van der Waals surface area contributed by atoms with E-state index >= 15 is 0 Å². The summed E-state index contributed by atoms with van der Waals surface area (Å²) in [6.45, 7) is 0.184. The molecule has 1 fully saturated rings. The highest BCUT2D eigenvalue weighted by Gasteiger charge is 2.59. The molecule has 1 amide bonds. The molecule has 2 aromatic rings. The molecular formula is C25H27NO4. The van der Waals surface area contributed by atoms with Crippen molar-refractivity contribution in [2.45, 2.75) is 64.1 Å². The molecular weight excluding hydrogens is 378 g/mol. The van der Waals surface area contributed by atoms with Crippen LogP contribution in [-0.2, 0) is 46.6 Å². The molecule has 156 valence electrons. The summed E-state index contributed by atoms with van der Waals surface area (Å²) in [5.41, 5.74) is 6.12. The maximum atomic E-state index is 13.4. The van der Waals surface area contributed by atoms with Gasteiger partial charge in [0.25, 0.3) is 0 Å². The van der Waals surface area contributed by atoms with Gasteiger partial charge in [0.2, 0.25) is 5.91 Å². The number of aryl methyl sites for hydroxylation is 2. The molecule has 0 bridgehead atoms. The van der Waals surface area contributed by atoms with Crippen LogP contribution in [0.5, 0.6) is 0 Å². The number of carbonyl (C=O) groups is 2. The lowest BCUT2D eigenvalue weighted by atomic mass is 9.95. The van der Waals surface area contributed by atoms with Crippen molar-refractivity contribution >= 4 is 17.6 Å². The minimum atomic E-state index is -1.14. The van der Waals surface area contributed by atoms with E-state index in [9.17, 15) is 14.7 Å². The summed E-state index contributed by atoms with van der Waals surface area (Å²) >= 11 is 0. The van der Waals surface area contributed by atoms with Gasteiger partial charge in [-0.1, -0.05) is 36.4 Å². The number of rotatable bonds is 7. The zero-order chi connectivity index (χ0) is 20.7. The maximum Gasteiger partial charge on any atom is 0.333 e. The third kappa shape index (κ3) is 3.31. The zero-order valence-electron chi connectivity index (χ0n) is 17.1. The molecule has 0 saturated heterocycles. The van der Waals surface area contributed by atoms with Gasteiger partial charge in [-0.15, -0.1) is 0 Å². The van der Waals surface area contributed by atoms with Crippen molar-refractivity contribution in [3.8, 4) is 0 Å². The Morgan fingerprint density at radius 2 is 1.63 bits per heavy atom. The third-order valence-electron chi connectivity index (χ3n) is 6.94. The van der Waals surface area contributed by atoms with Gasteiger partial charge in [-0.2, -0.15) is 0 Å². The largest absolute Gasteiger partial charge is 0.479 e. The molecule has 0 spiro atoms. The van der Waals surface area contributed by atoms with Gasteiger partial charge in [0.05, 0.1) is 12.0 Å². The number of nitrogens with one attached hydrogen (secondary N) is 1. The summed E-state index contributed by atoms with van der Waals surface area (Å²) in [5.74, 6) is -1.26. The number of hydrogen-bond donors (Lipinski definition) is 2. The van der Waals surface area contributed by atoms with Crippen molar-refractivity contribution < 1.29 is 19.4 Å². The summed E-state index contributed by atoms with van der Waals surface area (Å²) in [4.78, 5) is 25.4. The van der Waals surface area contributed by atoms with E-state index in [-0.39, 0.29) is 12.5 Å². The molecule has 5 heteroatoms. The van der Waals surface area contributed by atoms with Crippen LogP contribution in [0.15, 0.2) is 36.4 Å². The molecule has 30 heavy (non-hydrogen) atoms. The van der Waals surface area contributed by atoms with E-state index in [4.69, 9.17) is 4.74 Å². The van der Waals surface area contributed by atoms with Gasteiger partial charge >= 0.3 is 5.97 Å². The van der Waals surface area contributed by atoms with Gasteiger partial charge in [0.1, 0.15) is 0 Å². The van der Waals surface area contributed by atoms with Gasteiger partial charge in [0, 0.05) is 5.69 Å². The quantitative estimate of drug-likeness (QED) is 0.729. The predicted octanol–water partition coefficient (Wildman–Crippen LogP) is 4.05. The van der Waals surface area contributed by atoms with E-state index in [2.05, 4.69) is 11.4 Å². The number of carboxylic acid groups (broad SMARTS) is 1. The monoisotopic (exact) mass is 405 g/mol. The van der Waals surface area contributed by atoms with E-state index in [1.54, 1.807) is 0 Å². The number of carbonyl (C=O) groups excluding carboxylic acids is 1. The molecule has 2 aromatic carbocycles. The van der Waals surface area contributed by atoms with Crippen molar-refractivity contribution in [2.24, 2.45) is 5.41 Å². The van der Waals surface area contributed by atoms with Crippen LogP contribution in [0.4, 0.5) is 5.69 Å². The van der Waals surface area contributed by atoms with E-state index in [0.717, 1.165) is 49.8 Å². The first-order valence-corrected chi connectivity index (χ1v) is 10.9. The smallest absolute Gasteiger partial charge is 0.333 e. The topological polar surface area (TPSA) is 75.6 Å².